The number of nitrogens with one attached hydrogen (secondary N) is 1. The predicted octanol–water partition coefficient (Wildman–Crippen LogP) is 3.03. The van der Waals surface area contributed by atoms with Crippen LogP contribution >= 0.6 is 0 Å². The Morgan fingerprint density at radius 1 is 1.38 bits per heavy atom. The molecule has 1 atom stereocenters. The van der Waals surface area contributed by atoms with Gasteiger partial charge in [-0.3, -0.25) is 0 Å². The highest BCUT2D eigenvalue weighted by molar-refractivity contribution is 5.36. The second-order valence-electron chi connectivity index (χ2n) is 4.68. The van der Waals surface area contributed by atoms with E-state index in [1.54, 1.807) is 6.33 Å². The molecule has 1 saturated carbocycles. The topological polar surface area (TPSA) is 37.8 Å². The molecule has 0 bridgehead atoms. The molecule has 2 rings (SSSR count). The first-order valence-corrected chi connectivity index (χ1v) is 6.39. The van der Waals surface area contributed by atoms with Crippen molar-refractivity contribution in [3.8, 4) is 0 Å². The summed E-state index contributed by atoms with van der Waals surface area (Å²) >= 11 is 0. The lowest BCUT2D eigenvalue weighted by Gasteiger charge is -2.17. The number of aryl methyl sites for hydroxylation is 1. The number of hydrogen-bond donors (Lipinski definition) is 1. The van der Waals surface area contributed by atoms with Gasteiger partial charge in [-0.15, -0.1) is 0 Å². The van der Waals surface area contributed by atoms with Crippen molar-refractivity contribution in [2.24, 2.45) is 5.92 Å². The molecule has 1 heterocycles. The Morgan fingerprint density at radius 2 is 2.19 bits per heavy atom. The maximum Gasteiger partial charge on any atom is 0.129 e. The van der Waals surface area contributed by atoms with Crippen LogP contribution in [-0.2, 0) is 6.42 Å². The number of rotatable bonds is 6. The molecule has 0 amide bonds. The molecule has 1 aliphatic carbocycles. The van der Waals surface area contributed by atoms with Gasteiger partial charge in [0.1, 0.15) is 12.1 Å². The Labute approximate surface area is 97.7 Å². The Balaban J connectivity index is 1.94. The van der Waals surface area contributed by atoms with E-state index >= 15 is 0 Å². The van der Waals surface area contributed by atoms with E-state index in [4.69, 9.17) is 0 Å². The third-order valence-electron chi connectivity index (χ3n) is 3.25. The highest BCUT2D eigenvalue weighted by Gasteiger charge is 2.24. The van der Waals surface area contributed by atoms with Crippen molar-refractivity contribution in [3.63, 3.8) is 0 Å². The molecule has 1 unspecified atom stereocenters. The fourth-order valence-corrected chi connectivity index (χ4v) is 1.96. The van der Waals surface area contributed by atoms with Crippen LogP contribution in [0.2, 0.25) is 0 Å². The summed E-state index contributed by atoms with van der Waals surface area (Å²) in [6.45, 7) is 4.36. The summed E-state index contributed by atoms with van der Waals surface area (Å²) in [5.74, 6) is 1.95. The molecule has 16 heavy (non-hydrogen) atoms. The molecule has 1 aromatic rings. The van der Waals surface area contributed by atoms with E-state index in [0.29, 0.717) is 6.04 Å². The minimum absolute atomic E-state index is 0.576. The van der Waals surface area contributed by atoms with E-state index in [2.05, 4.69) is 35.2 Å². The maximum absolute atomic E-state index is 4.28. The monoisotopic (exact) mass is 219 g/mol. The molecule has 88 valence electrons. The summed E-state index contributed by atoms with van der Waals surface area (Å²) in [6.07, 6.45) is 7.93. The molecule has 3 nitrogen and oxygen atoms in total. The fraction of sp³-hybridized carbons (Fsp3) is 0.692. The zero-order chi connectivity index (χ0) is 11.4. The summed E-state index contributed by atoms with van der Waals surface area (Å²) in [4.78, 5) is 8.49. The molecule has 1 N–H and O–H groups in total. The van der Waals surface area contributed by atoms with Crippen LogP contribution < -0.4 is 5.32 Å². The summed E-state index contributed by atoms with van der Waals surface area (Å²) < 4.78 is 0. The lowest BCUT2D eigenvalue weighted by atomic mass is 10.1. The van der Waals surface area contributed by atoms with Gasteiger partial charge in [0.2, 0.25) is 0 Å². The average Bonchev–Trinajstić information content (AvgIpc) is 3.12. The van der Waals surface area contributed by atoms with Gasteiger partial charge >= 0.3 is 0 Å². The van der Waals surface area contributed by atoms with Crippen LogP contribution in [0.1, 0.15) is 45.2 Å². The van der Waals surface area contributed by atoms with Gasteiger partial charge < -0.3 is 5.32 Å². The largest absolute Gasteiger partial charge is 0.367 e. The van der Waals surface area contributed by atoms with Crippen molar-refractivity contribution >= 4 is 5.82 Å². The van der Waals surface area contributed by atoms with Gasteiger partial charge in [-0.05, 0) is 25.2 Å². The molecule has 1 aromatic heterocycles. The van der Waals surface area contributed by atoms with Crippen LogP contribution in [0.5, 0.6) is 0 Å². The molecule has 0 aromatic carbocycles. The predicted molar refractivity (Wildman–Crippen MR) is 66.5 cm³/mol. The normalized spacial score (nSPS) is 17.1. The molecule has 0 saturated heterocycles. The average molecular weight is 219 g/mol. The van der Waals surface area contributed by atoms with E-state index in [0.717, 1.165) is 23.9 Å². The highest BCUT2D eigenvalue weighted by atomic mass is 15.0. The third-order valence-corrected chi connectivity index (χ3v) is 3.25. The number of anilines is 1. The molecule has 1 fully saturated rings. The molecule has 0 radical (unpaired) electrons. The zero-order valence-corrected chi connectivity index (χ0v) is 10.2. The lowest BCUT2D eigenvalue weighted by Crippen LogP contribution is -2.20. The van der Waals surface area contributed by atoms with Crippen molar-refractivity contribution in [1.82, 2.24) is 9.97 Å². The van der Waals surface area contributed by atoms with E-state index in [1.165, 1.54) is 25.7 Å². The van der Waals surface area contributed by atoms with E-state index < -0.39 is 0 Å². The van der Waals surface area contributed by atoms with E-state index in [9.17, 15) is 0 Å². The quantitative estimate of drug-likeness (QED) is 0.799. The van der Waals surface area contributed by atoms with Gasteiger partial charge in [0.25, 0.3) is 0 Å². The smallest absolute Gasteiger partial charge is 0.129 e. The van der Waals surface area contributed by atoms with Gasteiger partial charge in [0.15, 0.2) is 0 Å². The molecular formula is C13H21N3. The summed E-state index contributed by atoms with van der Waals surface area (Å²) in [7, 11) is 0. The first-order valence-electron chi connectivity index (χ1n) is 6.39. The van der Waals surface area contributed by atoms with Gasteiger partial charge in [-0.2, -0.15) is 0 Å². The van der Waals surface area contributed by atoms with Gasteiger partial charge in [0, 0.05) is 17.8 Å². The van der Waals surface area contributed by atoms with Crippen LogP contribution in [0, 0.1) is 5.92 Å². The number of nitrogens with zero attached hydrogens (tertiary/aromatic N) is 2. The minimum atomic E-state index is 0.576. The Bertz CT molecular complexity index is 334. The first-order chi connectivity index (χ1) is 7.81. The number of aromatic nitrogens is 2. The second-order valence-corrected chi connectivity index (χ2v) is 4.68. The highest BCUT2D eigenvalue weighted by Crippen LogP contribution is 2.34. The lowest BCUT2D eigenvalue weighted by molar-refractivity contribution is 0.585. The maximum atomic E-state index is 4.28. The molecule has 0 aliphatic heterocycles. The van der Waals surface area contributed by atoms with Crippen LogP contribution in [0.4, 0.5) is 5.82 Å². The molecule has 0 spiro atoms. The van der Waals surface area contributed by atoms with Crippen molar-refractivity contribution in [2.75, 3.05) is 5.32 Å². The first kappa shape index (κ1) is 11.4. The standard InChI is InChI=1S/C13H21N3/c1-3-11-8-13(15-9-14-11)16-12(4-2)7-10-5-6-10/h8-10,12H,3-7H2,1-2H3,(H,14,15,16). The third kappa shape index (κ3) is 3.19. The Kier molecular flexibility index (Phi) is 3.75. The Morgan fingerprint density at radius 3 is 2.81 bits per heavy atom. The second kappa shape index (κ2) is 5.28. The van der Waals surface area contributed by atoms with Gasteiger partial charge in [0.05, 0.1) is 0 Å². The van der Waals surface area contributed by atoms with E-state index in [1.807, 2.05) is 0 Å². The van der Waals surface area contributed by atoms with Crippen LogP contribution in [0.15, 0.2) is 12.4 Å². The summed E-state index contributed by atoms with van der Waals surface area (Å²) in [5, 5.41) is 3.52. The molecular weight excluding hydrogens is 198 g/mol. The van der Waals surface area contributed by atoms with Crippen molar-refractivity contribution in [2.45, 2.75) is 52.0 Å². The van der Waals surface area contributed by atoms with Crippen molar-refractivity contribution in [1.29, 1.82) is 0 Å². The van der Waals surface area contributed by atoms with Crippen LogP contribution in [0.25, 0.3) is 0 Å². The van der Waals surface area contributed by atoms with Gasteiger partial charge in [-0.25, -0.2) is 9.97 Å². The summed E-state index contributed by atoms with van der Waals surface area (Å²) in [5.41, 5.74) is 1.11. The van der Waals surface area contributed by atoms with E-state index in [-0.39, 0.29) is 0 Å². The minimum Gasteiger partial charge on any atom is -0.367 e. The van der Waals surface area contributed by atoms with Crippen LogP contribution in [-0.4, -0.2) is 16.0 Å². The van der Waals surface area contributed by atoms with Crippen LogP contribution in [0.3, 0.4) is 0 Å². The Hall–Kier alpha value is -1.12. The molecule has 1 aliphatic rings. The zero-order valence-electron chi connectivity index (χ0n) is 10.2. The van der Waals surface area contributed by atoms with Crippen molar-refractivity contribution in [3.05, 3.63) is 18.1 Å². The van der Waals surface area contributed by atoms with Gasteiger partial charge in [-0.1, -0.05) is 26.7 Å². The molecule has 3 heteroatoms. The SMILES string of the molecule is CCc1cc(NC(CC)CC2CC2)ncn1. The fourth-order valence-electron chi connectivity index (χ4n) is 1.96. The van der Waals surface area contributed by atoms with Crippen molar-refractivity contribution < 1.29 is 0 Å². The summed E-state index contributed by atoms with van der Waals surface area (Å²) in [6, 6.07) is 2.64. The number of hydrogen-bond acceptors (Lipinski definition) is 3.